The van der Waals surface area contributed by atoms with E-state index in [1.165, 1.54) is 16.4 Å². The Balaban J connectivity index is 1.10. The molecule has 0 amide bonds. The summed E-state index contributed by atoms with van der Waals surface area (Å²) in [4.78, 5) is 52.4. The third-order valence-corrected chi connectivity index (χ3v) is 25.8. The summed E-state index contributed by atoms with van der Waals surface area (Å²) in [5, 5.41) is 90.7. The van der Waals surface area contributed by atoms with E-state index in [2.05, 4.69) is 47.1 Å². The molecule has 13 N–H and O–H groups in total. The predicted molar refractivity (Wildman–Crippen MR) is 324 cm³/mol. The van der Waals surface area contributed by atoms with Crippen molar-refractivity contribution in [2.45, 2.75) is 159 Å². The van der Waals surface area contributed by atoms with Crippen LogP contribution in [0.25, 0.3) is 0 Å². The van der Waals surface area contributed by atoms with Crippen molar-refractivity contribution < 1.29 is 54.9 Å². The number of Topliss-reactive ketones (excluding diaryl/α,β-unsaturated/α-hetero) is 2. The molecule has 2 bridgehead atoms. The highest BCUT2D eigenvalue weighted by Crippen LogP contribution is 2.73. The highest BCUT2D eigenvalue weighted by Gasteiger charge is 2.75. The molecule has 1 aromatic heterocycles. The number of hydrogen-bond acceptors (Lipinski definition) is 15. The maximum Gasteiger partial charge on any atom is 0.313 e. The van der Waals surface area contributed by atoms with Gasteiger partial charge in [-0.15, -0.1) is 0 Å². The smallest absolute Gasteiger partial charge is 0.313 e. The summed E-state index contributed by atoms with van der Waals surface area (Å²) in [6.07, 6.45) is 9.02. The number of phenols is 1. The summed E-state index contributed by atoms with van der Waals surface area (Å²) in [6, 6.07) is 8.76. The zero-order valence-corrected chi connectivity index (χ0v) is 51.0. The van der Waals surface area contributed by atoms with Gasteiger partial charge in [-0.2, -0.15) is 0 Å². The maximum atomic E-state index is 16.2. The molecule has 18 heteroatoms. The number of aromatic nitrogens is 1. The molecule has 3 heterocycles. The molecule has 4 saturated carbocycles. The van der Waals surface area contributed by atoms with Gasteiger partial charge in [-0.3, -0.25) is 19.4 Å². The molecule has 9 aliphatic rings. The number of phenolic OH excluding ortho intramolecular Hbond substituents is 1. The molecule has 458 valence electrons. The van der Waals surface area contributed by atoms with Crippen molar-refractivity contribution in [3.63, 3.8) is 0 Å². The molecule has 0 spiro atoms. The first-order valence-electron chi connectivity index (χ1n) is 31.3. The third-order valence-electron chi connectivity index (χ3n) is 23.2. The minimum atomic E-state index is -1.95. The molecule has 22 unspecified atom stereocenters. The largest absolute Gasteiger partial charge is 0.508 e. The number of hydrogen-bond donors (Lipinski definition) is 11. The number of aromatic hydroxyl groups is 1. The number of carbonyl (C=O) groups is 3. The average Bonchev–Trinajstić information content (AvgIpc) is 1.51. The number of esters is 1. The number of aliphatic imine (C=N–C) groups is 1. The van der Waals surface area contributed by atoms with E-state index >= 15 is 4.79 Å². The van der Waals surface area contributed by atoms with E-state index in [1.54, 1.807) is 29.9 Å². The van der Waals surface area contributed by atoms with Crippen molar-refractivity contribution in [2.24, 2.45) is 104 Å². The van der Waals surface area contributed by atoms with Gasteiger partial charge in [0.15, 0.2) is 17.5 Å². The number of allylic oxidation sites excluding steroid dienone is 3. The first kappa shape index (κ1) is 61.3. The minimum absolute atomic E-state index is 0.0220. The van der Waals surface area contributed by atoms with E-state index < -0.39 is 81.8 Å². The number of nitrogens with zero attached hydrogens (tertiary/aromatic N) is 1. The van der Waals surface area contributed by atoms with Crippen LogP contribution in [0.1, 0.15) is 141 Å². The molecule has 84 heavy (non-hydrogen) atoms. The van der Waals surface area contributed by atoms with E-state index in [0.717, 1.165) is 36.8 Å². The first-order valence-corrected chi connectivity index (χ1v) is 33.8. The molecule has 11 rings (SSSR count). The zero-order valence-electron chi connectivity index (χ0n) is 49.3. The first-order chi connectivity index (χ1) is 40.1. The van der Waals surface area contributed by atoms with Crippen LogP contribution in [0.4, 0.5) is 0 Å². The van der Waals surface area contributed by atoms with Gasteiger partial charge in [-0.25, -0.2) is 0 Å². The molecule has 6 fully saturated rings. The van der Waals surface area contributed by atoms with Crippen LogP contribution in [0.5, 0.6) is 5.75 Å². The Morgan fingerprint density at radius 2 is 1.68 bits per heavy atom. The van der Waals surface area contributed by atoms with Gasteiger partial charge in [0.05, 0.1) is 54.3 Å². The number of rotatable bonds is 9. The highest BCUT2D eigenvalue weighted by atomic mass is 33.1. The van der Waals surface area contributed by atoms with Gasteiger partial charge in [-0.1, -0.05) is 78.0 Å². The lowest BCUT2D eigenvalue weighted by Gasteiger charge is -2.63. The Labute approximate surface area is 503 Å². The van der Waals surface area contributed by atoms with Gasteiger partial charge < -0.3 is 62.3 Å². The van der Waals surface area contributed by atoms with Gasteiger partial charge >= 0.3 is 5.97 Å². The van der Waals surface area contributed by atoms with Crippen molar-refractivity contribution in [1.82, 2.24) is 10.3 Å². The number of cyclic esters (lactones) is 1. The fourth-order valence-electron chi connectivity index (χ4n) is 19.3. The Morgan fingerprint density at radius 3 is 2.42 bits per heavy atom. The molecule has 2 aromatic rings. The number of benzene rings is 1. The number of carbonyl (C=O) groups excluding carboxylic acids is 3. The number of aromatic amines is 1. The Hall–Kier alpha value is -4.32. The molecule has 7 aliphatic carbocycles. The van der Waals surface area contributed by atoms with Crippen molar-refractivity contribution >= 4 is 45.1 Å². The second-order valence-electron chi connectivity index (χ2n) is 27.8. The lowest BCUT2D eigenvalue weighted by atomic mass is 9.43. The Bertz CT molecular complexity index is 2920. The molecule has 0 radical (unpaired) electrons. The highest BCUT2D eigenvalue weighted by molar-refractivity contribution is 8.76. The van der Waals surface area contributed by atoms with Gasteiger partial charge in [0.2, 0.25) is 0 Å². The van der Waals surface area contributed by atoms with Gasteiger partial charge in [-0.05, 0) is 172 Å². The number of guanidine groups is 1. The normalized spacial score (nSPS) is 43.4. The van der Waals surface area contributed by atoms with Crippen LogP contribution in [-0.4, -0.2) is 132 Å². The van der Waals surface area contributed by atoms with E-state index in [0.29, 0.717) is 61.0 Å². The Morgan fingerprint density at radius 1 is 0.905 bits per heavy atom. The molecule has 16 nitrogen and oxygen atoms in total. The topological polar surface area (TPSA) is 294 Å². The number of H-pyrrole nitrogens is 1. The predicted octanol–water partition coefficient (Wildman–Crippen LogP) is 6.88. The summed E-state index contributed by atoms with van der Waals surface area (Å²) in [7, 11) is 3.06. The van der Waals surface area contributed by atoms with E-state index in [1.807, 2.05) is 37.5 Å². The summed E-state index contributed by atoms with van der Waals surface area (Å²) in [5.41, 5.74) is 9.75. The molecular weight excluding hydrogens is 1100 g/mol. The molecule has 2 aliphatic heterocycles. The van der Waals surface area contributed by atoms with Crippen molar-refractivity contribution in [3.05, 3.63) is 76.8 Å². The number of aliphatic hydroxyl groups excluding tert-OH is 4. The fraction of sp³-hybridized carbons (Fsp3) is 0.697. The lowest BCUT2D eigenvalue weighted by molar-refractivity contribution is -0.195. The maximum absolute atomic E-state index is 16.2. The summed E-state index contributed by atoms with van der Waals surface area (Å²) in [6.45, 7) is 8.09. The number of fused-ring (bicyclic) bond motifs is 10. The summed E-state index contributed by atoms with van der Waals surface area (Å²) >= 11 is 0. The van der Waals surface area contributed by atoms with Crippen LogP contribution in [0.15, 0.2) is 70.6 Å². The second-order valence-corrected chi connectivity index (χ2v) is 30.4. The number of nitrogens with two attached hydrogens (primary N) is 2. The van der Waals surface area contributed by atoms with Crippen LogP contribution in [0.2, 0.25) is 0 Å². The molecule has 2 saturated heterocycles. The summed E-state index contributed by atoms with van der Waals surface area (Å²) in [5.74, 6) is 3.03. The van der Waals surface area contributed by atoms with E-state index in [-0.39, 0.29) is 129 Å². The van der Waals surface area contributed by atoms with Gasteiger partial charge in [0, 0.05) is 90.3 Å². The number of nitrogens with one attached hydrogen (secondary N) is 2. The van der Waals surface area contributed by atoms with Crippen molar-refractivity contribution in [1.29, 1.82) is 0 Å². The minimum Gasteiger partial charge on any atom is -0.508 e. The van der Waals surface area contributed by atoms with Gasteiger partial charge in [0.1, 0.15) is 5.75 Å². The van der Waals surface area contributed by atoms with Crippen LogP contribution < -0.4 is 16.8 Å². The molecule has 22 atom stereocenters. The SMILES string of the molecule is CC1CCC2=CCC3C(C)CC(O)C(C)(O)C4C(CC5(O)C6=C7NCC(=O)CC(c8ccc(O)cc8)CSSCC8C(O)C(O)CC(C)(C6CCC45CCN=C(N)N)C8C7=O)C(CCCO)C#CC(C4COC(=O)C4c4cc[nH]c4)CC3C2C1. The monoisotopic (exact) mass is 1190 g/mol. The van der Waals surface area contributed by atoms with Crippen LogP contribution >= 0.6 is 21.6 Å². The van der Waals surface area contributed by atoms with E-state index in [4.69, 9.17) is 16.2 Å². The fourth-order valence-corrected chi connectivity index (χ4v) is 22.0. The molecule has 1 aromatic carbocycles. The van der Waals surface area contributed by atoms with E-state index in [9.17, 15) is 45.3 Å². The zero-order chi connectivity index (χ0) is 59.6. The number of aliphatic hydroxyl groups is 6. The van der Waals surface area contributed by atoms with Crippen molar-refractivity contribution in [3.8, 4) is 17.6 Å². The average molecular weight is 1190 g/mol. The number of ether oxygens (including phenoxy) is 1. The quantitative estimate of drug-likeness (QED) is 0.0305. The second kappa shape index (κ2) is 24.3. The van der Waals surface area contributed by atoms with Gasteiger partial charge in [0.25, 0.3) is 0 Å². The molecular formula is C66H91N5O11S2. The number of ketones is 2. The van der Waals surface area contributed by atoms with Crippen LogP contribution in [-0.2, 0) is 19.1 Å². The van der Waals surface area contributed by atoms with Crippen molar-refractivity contribution in [2.75, 3.05) is 37.8 Å². The van der Waals surface area contributed by atoms with Crippen LogP contribution in [0.3, 0.4) is 0 Å². The summed E-state index contributed by atoms with van der Waals surface area (Å²) < 4.78 is 6.01. The van der Waals surface area contributed by atoms with Crippen LogP contribution in [0, 0.1) is 99.6 Å². The standard InChI is InChI=1S/C66H91N5O11S2/c1-35-7-8-39-13-16-45-36(2)25-53(76)64(4,80)60-48(38(6-5-23-72)9-10-40(27-47(45)46(39)24-35)49-32-82-61(79)54(49)41-18-21-69-30-41)28-66(81)56-51(17-19-65(60,66)20-22-70-62(67)68)63(3)29-52(75)58(77)50-34-84-83-33-42(37-11-14-43(73)15-12-37)26-44(74)31-71-57(56)59(78)55(50)63/h11-15,18,21,30,35-36,38,40,42,45-55,58,60,69,71-73,75-77,80-81H,5-8,16-17,19-20,22-29,31-34H2,1-4H3,(H4,67,68,70). The third kappa shape index (κ3) is 10.9. The Kier molecular flexibility index (Phi) is 17.8. The lowest BCUT2D eigenvalue weighted by Crippen LogP contribution is -2.67.